The summed E-state index contributed by atoms with van der Waals surface area (Å²) in [6, 6.07) is 12.5. The highest BCUT2D eigenvalue weighted by Crippen LogP contribution is 2.26. The molecule has 2 aromatic carbocycles. The molecule has 0 fully saturated rings. The molecular formula is C16H17ClFN. The van der Waals surface area contributed by atoms with Gasteiger partial charge in [0.1, 0.15) is 5.82 Å². The summed E-state index contributed by atoms with van der Waals surface area (Å²) in [4.78, 5) is 0. The van der Waals surface area contributed by atoms with E-state index in [9.17, 15) is 4.39 Å². The molecule has 0 heterocycles. The van der Waals surface area contributed by atoms with Gasteiger partial charge in [-0.3, -0.25) is 0 Å². The number of rotatable bonds is 4. The van der Waals surface area contributed by atoms with Crippen LogP contribution in [0.5, 0.6) is 0 Å². The molecule has 1 nitrogen and oxygen atoms in total. The Hall–Kier alpha value is -1.38. The fourth-order valence-corrected chi connectivity index (χ4v) is 2.55. The van der Waals surface area contributed by atoms with Crippen molar-refractivity contribution in [1.82, 2.24) is 5.32 Å². The summed E-state index contributed by atoms with van der Waals surface area (Å²) in [5, 5.41) is 4.07. The fraction of sp³-hybridized carbons (Fsp3) is 0.250. The summed E-state index contributed by atoms with van der Waals surface area (Å²) in [6.07, 6.45) is 0. The summed E-state index contributed by atoms with van der Waals surface area (Å²) in [5.41, 5.74) is 3.06. The van der Waals surface area contributed by atoms with Gasteiger partial charge in [0.25, 0.3) is 0 Å². The van der Waals surface area contributed by atoms with Crippen LogP contribution in [0, 0.1) is 12.7 Å². The number of aryl methyl sites for hydroxylation is 1. The minimum atomic E-state index is -0.223. The molecule has 2 rings (SSSR count). The van der Waals surface area contributed by atoms with Crippen LogP contribution in [-0.2, 0) is 0 Å². The maximum Gasteiger partial charge on any atom is 0.123 e. The minimum Gasteiger partial charge on any atom is -0.307 e. The lowest BCUT2D eigenvalue weighted by Crippen LogP contribution is -2.22. The lowest BCUT2D eigenvalue weighted by Gasteiger charge is -2.20. The van der Waals surface area contributed by atoms with E-state index < -0.39 is 0 Å². The van der Waals surface area contributed by atoms with Gasteiger partial charge >= 0.3 is 0 Å². The fourth-order valence-electron chi connectivity index (χ4n) is 2.25. The number of halogens is 2. The van der Waals surface area contributed by atoms with Crippen LogP contribution >= 0.6 is 11.6 Å². The van der Waals surface area contributed by atoms with Gasteiger partial charge < -0.3 is 5.32 Å². The molecule has 0 aliphatic rings. The van der Waals surface area contributed by atoms with E-state index in [0.29, 0.717) is 5.02 Å². The van der Waals surface area contributed by atoms with Crippen LogP contribution < -0.4 is 5.32 Å². The summed E-state index contributed by atoms with van der Waals surface area (Å²) in [5.74, 6) is -0.223. The Morgan fingerprint density at radius 2 is 1.95 bits per heavy atom. The van der Waals surface area contributed by atoms with E-state index in [-0.39, 0.29) is 11.9 Å². The minimum absolute atomic E-state index is 0.0434. The molecule has 0 saturated heterocycles. The Labute approximate surface area is 118 Å². The smallest absolute Gasteiger partial charge is 0.123 e. The molecule has 2 aromatic rings. The summed E-state index contributed by atoms with van der Waals surface area (Å²) < 4.78 is 13.4. The van der Waals surface area contributed by atoms with Crippen LogP contribution in [0.3, 0.4) is 0 Å². The van der Waals surface area contributed by atoms with Crippen molar-refractivity contribution < 1.29 is 4.39 Å². The van der Waals surface area contributed by atoms with Crippen molar-refractivity contribution in [1.29, 1.82) is 0 Å². The first-order valence-corrected chi connectivity index (χ1v) is 6.74. The quantitative estimate of drug-likeness (QED) is 0.868. The lowest BCUT2D eigenvalue weighted by molar-refractivity contribution is 0.603. The maximum absolute atomic E-state index is 13.4. The predicted molar refractivity (Wildman–Crippen MR) is 78.1 cm³/mol. The highest BCUT2D eigenvalue weighted by molar-refractivity contribution is 6.30. The first-order valence-electron chi connectivity index (χ1n) is 6.36. The number of benzene rings is 2. The Kier molecular flexibility index (Phi) is 4.56. The molecule has 0 radical (unpaired) electrons. The van der Waals surface area contributed by atoms with Gasteiger partial charge in [-0.1, -0.05) is 36.7 Å². The van der Waals surface area contributed by atoms with E-state index in [4.69, 9.17) is 11.6 Å². The summed E-state index contributed by atoms with van der Waals surface area (Å²) in [7, 11) is 0. The monoisotopic (exact) mass is 277 g/mol. The molecule has 1 N–H and O–H groups in total. The second-order valence-corrected chi connectivity index (χ2v) is 5.04. The third kappa shape index (κ3) is 3.55. The molecule has 3 heteroatoms. The Bertz CT molecular complexity index is 548. The predicted octanol–water partition coefficient (Wildman–Crippen LogP) is 4.49. The van der Waals surface area contributed by atoms with Crippen molar-refractivity contribution in [2.45, 2.75) is 19.9 Å². The van der Waals surface area contributed by atoms with Crippen molar-refractivity contribution >= 4 is 11.6 Å². The molecule has 0 spiro atoms. The Morgan fingerprint density at radius 1 is 1.16 bits per heavy atom. The molecule has 1 atom stereocenters. The average Bonchev–Trinajstić information content (AvgIpc) is 2.34. The highest BCUT2D eigenvalue weighted by atomic mass is 35.5. The SMILES string of the molecule is CCNC(c1cccc(F)c1)c1cc(C)cc(Cl)c1. The van der Waals surface area contributed by atoms with Crippen molar-refractivity contribution in [3.63, 3.8) is 0 Å². The molecule has 0 bridgehead atoms. The molecule has 100 valence electrons. The largest absolute Gasteiger partial charge is 0.307 e. The molecule has 0 aliphatic heterocycles. The topological polar surface area (TPSA) is 12.0 Å². The van der Waals surface area contributed by atoms with Gasteiger partial charge in [-0.15, -0.1) is 0 Å². The Balaban J connectivity index is 2.44. The van der Waals surface area contributed by atoms with Gasteiger partial charge in [0, 0.05) is 5.02 Å². The van der Waals surface area contributed by atoms with E-state index in [1.807, 2.05) is 32.0 Å². The first-order chi connectivity index (χ1) is 9.10. The molecule has 0 saturated carbocycles. The van der Waals surface area contributed by atoms with Gasteiger partial charge in [0.15, 0.2) is 0 Å². The summed E-state index contributed by atoms with van der Waals surface area (Å²) in [6.45, 7) is 4.83. The van der Waals surface area contributed by atoms with Gasteiger partial charge in [-0.25, -0.2) is 4.39 Å². The van der Waals surface area contributed by atoms with E-state index in [0.717, 1.165) is 23.2 Å². The number of nitrogens with one attached hydrogen (secondary N) is 1. The lowest BCUT2D eigenvalue weighted by atomic mass is 9.97. The van der Waals surface area contributed by atoms with Gasteiger partial charge in [-0.2, -0.15) is 0 Å². The molecule has 19 heavy (non-hydrogen) atoms. The van der Waals surface area contributed by atoms with Crippen molar-refractivity contribution in [2.24, 2.45) is 0 Å². The van der Waals surface area contributed by atoms with E-state index >= 15 is 0 Å². The van der Waals surface area contributed by atoms with E-state index in [1.54, 1.807) is 12.1 Å². The van der Waals surface area contributed by atoms with Crippen LogP contribution in [0.1, 0.15) is 29.7 Å². The molecular weight excluding hydrogens is 261 g/mol. The normalized spacial score (nSPS) is 12.4. The zero-order valence-electron chi connectivity index (χ0n) is 11.1. The zero-order chi connectivity index (χ0) is 13.8. The van der Waals surface area contributed by atoms with E-state index in [2.05, 4.69) is 11.4 Å². The van der Waals surface area contributed by atoms with Crippen LogP contribution in [0.2, 0.25) is 5.02 Å². The number of hydrogen-bond acceptors (Lipinski definition) is 1. The van der Waals surface area contributed by atoms with Crippen LogP contribution in [-0.4, -0.2) is 6.54 Å². The van der Waals surface area contributed by atoms with Gasteiger partial charge in [0.2, 0.25) is 0 Å². The summed E-state index contributed by atoms with van der Waals surface area (Å²) >= 11 is 6.11. The van der Waals surface area contributed by atoms with Crippen LogP contribution in [0.15, 0.2) is 42.5 Å². The zero-order valence-corrected chi connectivity index (χ0v) is 11.8. The van der Waals surface area contributed by atoms with Crippen LogP contribution in [0.4, 0.5) is 4.39 Å². The third-order valence-corrected chi connectivity index (χ3v) is 3.21. The molecule has 0 amide bonds. The number of hydrogen-bond donors (Lipinski definition) is 1. The standard InChI is InChI=1S/C16H17ClFN/c1-3-19-16(12-5-4-6-15(18)10-12)13-7-11(2)8-14(17)9-13/h4-10,16,19H,3H2,1-2H3. The molecule has 0 aromatic heterocycles. The second kappa shape index (κ2) is 6.18. The maximum atomic E-state index is 13.4. The van der Waals surface area contributed by atoms with Crippen LogP contribution in [0.25, 0.3) is 0 Å². The van der Waals surface area contributed by atoms with Crippen molar-refractivity contribution in [3.05, 3.63) is 70.0 Å². The second-order valence-electron chi connectivity index (χ2n) is 4.61. The van der Waals surface area contributed by atoms with Crippen molar-refractivity contribution in [2.75, 3.05) is 6.54 Å². The Morgan fingerprint density at radius 3 is 2.58 bits per heavy atom. The first kappa shape index (κ1) is 14.0. The molecule has 1 unspecified atom stereocenters. The average molecular weight is 278 g/mol. The van der Waals surface area contributed by atoms with Crippen molar-refractivity contribution in [3.8, 4) is 0 Å². The third-order valence-electron chi connectivity index (χ3n) is 2.99. The van der Waals surface area contributed by atoms with Gasteiger partial charge in [-0.05, 0) is 54.4 Å². The van der Waals surface area contributed by atoms with E-state index in [1.165, 1.54) is 6.07 Å². The highest BCUT2D eigenvalue weighted by Gasteiger charge is 2.14. The van der Waals surface area contributed by atoms with Gasteiger partial charge in [0.05, 0.1) is 6.04 Å². The molecule has 0 aliphatic carbocycles.